The maximum absolute atomic E-state index is 2.58. The van der Waals surface area contributed by atoms with Crippen molar-refractivity contribution in [2.75, 3.05) is 9.80 Å². The predicted molar refractivity (Wildman–Crippen MR) is 244 cm³/mol. The number of anilines is 5. The Labute approximate surface area is 337 Å². The molecule has 57 heavy (non-hydrogen) atoms. The molecule has 0 saturated heterocycles. The smallest absolute Gasteiger partial charge is 0.0630 e. The van der Waals surface area contributed by atoms with Crippen LogP contribution in [-0.4, -0.2) is 6.04 Å². The summed E-state index contributed by atoms with van der Waals surface area (Å²) >= 11 is 1.90. The van der Waals surface area contributed by atoms with Crippen molar-refractivity contribution in [3.8, 4) is 33.4 Å². The van der Waals surface area contributed by atoms with E-state index in [0.717, 1.165) is 17.1 Å². The van der Waals surface area contributed by atoms with Crippen LogP contribution in [0.3, 0.4) is 0 Å². The lowest BCUT2D eigenvalue weighted by Gasteiger charge is -2.29. The Morgan fingerprint density at radius 2 is 0.912 bits per heavy atom. The molecule has 0 saturated carbocycles. The molecule has 3 heteroatoms. The van der Waals surface area contributed by atoms with Crippen molar-refractivity contribution in [2.24, 2.45) is 0 Å². The number of benzene rings is 8. The lowest BCUT2D eigenvalue weighted by atomic mass is 9.89. The van der Waals surface area contributed by atoms with Gasteiger partial charge in [0.05, 0.1) is 16.4 Å². The zero-order valence-corrected chi connectivity index (χ0v) is 32.1. The third kappa shape index (κ3) is 5.87. The highest BCUT2D eigenvalue weighted by Crippen LogP contribution is 2.52. The minimum atomic E-state index is 0.230. The molecule has 1 aliphatic heterocycles. The van der Waals surface area contributed by atoms with Crippen molar-refractivity contribution < 1.29 is 0 Å². The van der Waals surface area contributed by atoms with Crippen LogP contribution in [0.4, 0.5) is 28.4 Å². The van der Waals surface area contributed by atoms with E-state index in [9.17, 15) is 0 Å². The van der Waals surface area contributed by atoms with Gasteiger partial charge in [0, 0.05) is 44.1 Å². The van der Waals surface area contributed by atoms with Gasteiger partial charge in [-0.3, -0.25) is 0 Å². The standard InChI is InChI=1S/C54H38N2S/c1-3-12-37(13-4-1)39-22-29-43(30-23-39)55(44-31-24-40(25-32-44)38-14-5-2-6-15-38)45-33-26-41(27-34-45)42-28-35-51-49(36-42)46-16-7-9-19-50(46)56(51)52-20-11-18-48-47-17-8-10-21-53(47)57-54(48)52/h1-36,46,50H. The fraction of sp³-hybridized carbons (Fsp3) is 0.0370. The highest BCUT2D eigenvalue weighted by Gasteiger charge is 2.38. The van der Waals surface area contributed by atoms with Crippen LogP contribution in [0.25, 0.3) is 53.6 Å². The second-order valence-corrected chi connectivity index (χ2v) is 15.9. The van der Waals surface area contributed by atoms with Gasteiger partial charge in [0.1, 0.15) is 0 Å². The Bertz CT molecular complexity index is 2860. The van der Waals surface area contributed by atoms with Crippen molar-refractivity contribution in [1.82, 2.24) is 0 Å². The van der Waals surface area contributed by atoms with Crippen molar-refractivity contribution in [3.63, 3.8) is 0 Å². The Morgan fingerprint density at radius 1 is 0.404 bits per heavy atom. The third-order valence-electron chi connectivity index (χ3n) is 11.6. The molecule has 1 aromatic heterocycles. The molecule has 2 nitrogen and oxygen atoms in total. The first-order valence-electron chi connectivity index (χ1n) is 19.7. The molecule has 270 valence electrons. The molecule has 0 N–H and O–H groups in total. The van der Waals surface area contributed by atoms with E-state index < -0.39 is 0 Å². The zero-order valence-electron chi connectivity index (χ0n) is 31.2. The highest BCUT2D eigenvalue weighted by molar-refractivity contribution is 7.26. The lowest BCUT2D eigenvalue weighted by molar-refractivity contribution is 0.746. The fourth-order valence-corrected chi connectivity index (χ4v) is 10.1. The number of allylic oxidation sites excluding steroid dienone is 2. The molecule has 0 bridgehead atoms. The third-order valence-corrected chi connectivity index (χ3v) is 12.8. The van der Waals surface area contributed by atoms with Gasteiger partial charge in [-0.1, -0.05) is 158 Å². The topological polar surface area (TPSA) is 6.48 Å². The molecule has 8 aromatic carbocycles. The summed E-state index contributed by atoms with van der Waals surface area (Å²) < 4.78 is 2.68. The van der Waals surface area contributed by atoms with Crippen LogP contribution in [0.2, 0.25) is 0 Å². The number of hydrogen-bond donors (Lipinski definition) is 0. The SMILES string of the molecule is C1=CC2c3cc(-c4ccc(N(c5ccc(-c6ccccc6)cc5)c5ccc(-c6ccccc6)cc5)cc4)ccc3N(c3cccc4c3sc3ccccc34)C2C=C1. The number of nitrogens with zero attached hydrogens (tertiary/aromatic N) is 2. The van der Waals surface area contributed by atoms with Crippen LogP contribution < -0.4 is 9.80 Å². The highest BCUT2D eigenvalue weighted by atomic mass is 32.1. The Balaban J connectivity index is 0.955. The average molecular weight is 747 g/mol. The average Bonchev–Trinajstić information content (AvgIpc) is 3.84. The van der Waals surface area contributed by atoms with Gasteiger partial charge in [0.15, 0.2) is 0 Å². The maximum atomic E-state index is 2.58. The van der Waals surface area contributed by atoms with Gasteiger partial charge >= 0.3 is 0 Å². The van der Waals surface area contributed by atoms with E-state index in [1.807, 2.05) is 11.3 Å². The molecule has 2 unspecified atom stereocenters. The molecule has 9 aromatic rings. The summed E-state index contributed by atoms with van der Waals surface area (Å²) in [6.07, 6.45) is 9.17. The first kappa shape index (κ1) is 33.4. The minimum absolute atomic E-state index is 0.230. The molecule has 2 atom stereocenters. The van der Waals surface area contributed by atoms with Gasteiger partial charge in [-0.15, -0.1) is 11.3 Å². The molecule has 11 rings (SSSR count). The number of thiophene rings is 1. The Hall–Kier alpha value is -6.94. The normalized spacial score (nSPS) is 15.5. The summed E-state index contributed by atoms with van der Waals surface area (Å²) in [6.45, 7) is 0. The van der Waals surface area contributed by atoms with Crippen LogP contribution >= 0.6 is 11.3 Å². The van der Waals surface area contributed by atoms with E-state index in [1.54, 1.807) is 0 Å². The Kier molecular flexibility index (Phi) is 8.19. The second kappa shape index (κ2) is 14.0. The molecular formula is C54H38N2S. The van der Waals surface area contributed by atoms with E-state index in [-0.39, 0.29) is 12.0 Å². The zero-order chi connectivity index (χ0) is 37.7. The minimum Gasteiger partial charge on any atom is -0.332 e. The van der Waals surface area contributed by atoms with Crippen LogP contribution in [-0.2, 0) is 0 Å². The Morgan fingerprint density at radius 3 is 1.54 bits per heavy atom. The number of rotatable bonds is 7. The molecule has 0 fully saturated rings. The summed E-state index contributed by atoms with van der Waals surface area (Å²) in [5, 5.41) is 2.67. The van der Waals surface area contributed by atoms with Crippen molar-refractivity contribution >= 4 is 59.9 Å². The molecule has 0 radical (unpaired) electrons. The van der Waals surface area contributed by atoms with Crippen molar-refractivity contribution in [1.29, 1.82) is 0 Å². The molecule has 1 aliphatic carbocycles. The van der Waals surface area contributed by atoms with Gasteiger partial charge in [0.25, 0.3) is 0 Å². The van der Waals surface area contributed by atoms with Crippen LogP contribution in [0, 0.1) is 0 Å². The second-order valence-electron chi connectivity index (χ2n) is 14.9. The first-order chi connectivity index (χ1) is 28.3. The van der Waals surface area contributed by atoms with Gasteiger partial charge in [0.2, 0.25) is 0 Å². The van der Waals surface area contributed by atoms with Gasteiger partial charge < -0.3 is 9.80 Å². The first-order valence-corrected chi connectivity index (χ1v) is 20.5. The number of fused-ring (bicyclic) bond motifs is 6. The summed E-state index contributed by atoms with van der Waals surface area (Å²) in [5.41, 5.74) is 14.6. The summed E-state index contributed by atoms with van der Waals surface area (Å²) in [4.78, 5) is 4.93. The van der Waals surface area contributed by atoms with E-state index in [1.165, 1.54) is 70.5 Å². The predicted octanol–water partition coefficient (Wildman–Crippen LogP) is 15.3. The van der Waals surface area contributed by atoms with Crippen molar-refractivity contribution in [2.45, 2.75) is 12.0 Å². The van der Waals surface area contributed by atoms with Crippen molar-refractivity contribution in [3.05, 3.63) is 224 Å². The molecule has 0 spiro atoms. The number of hydrogen-bond acceptors (Lipinski definition) is 3. The van der Waals surface area contributed by atoms with Gasteiger partial charge in [-0.05, 0) is 99.6 Å². The summed E-state index contributed by atoms with van der Waals surface area (Å²) in [6, 6.07) is 71.0. The van der Waals surface area contributed by atoms with E-state index in [2.05, 4.69) is 228 Å². The maximum Gasteiger partial charge on any atom is 0.0630 e. The monoisotopic (exact) mass is 746 g/mol. The van der Waals surface area contributed by atoms with E-state index in [0.29, 0.717) is 0 Å². The van der Waals surface area contributed by atoms with Gasteiger partial charge in [-0.2, -0.15) is 0 Å². The lowest BCUT2D eigenvalue weighted by Crippen LogP contribution is -2.28. The quantitative estimate of drug-likeness (QED) is 0.160. The summed E-state index contributed by atoms with van der Waals surface area (Å²) in [5.74, 6) is 0.280. The van der Waals surface area contributed by atoms with Crippen LogP contribution in [0.5, 0.6) is 0 Å². The van der Waals surface area contributed by atoms with Gasteiger partial charge in [-0.25, -0.2) is 0 Å². The molecule has 2 aliphatic rings. The molecular weight excluding hydrogens is 709 g/mol. The van der Waals surface area contributed by atoms with Crippen LogP contribution in [0.1, 0.15) is 11.5 Å². The van der Waals surface area contributed by atoms with Crippen LogP contribution in [0.15, 0.2) is 218 Å². The molecule has 2 heterocycles. The molecule has 0 amide bonds. The van der Waals surface area contributed by atoms with E-state index >= 15 is 0 Å². The fourth-order valence-electron chi connectivity index (χ4n) is 8.84. The largest absolute Gasteiger partial charge is 0.332 e. The summed E-state index contributed by atoms with van der Waals surface area (Å²) in [7, 11) is 0. The van der Waals surface area contributed by atoms with E-state index in [4.69, 9.17) is 0 Å².